The summed E-state index contributed by atoms with van der Waals surface area (Å²) in [5.74, 6) is 0.753. The molecule has 0 aliphatic rings. The number of aromatic nitrogens is 1. The number of rotatable bonds is 2. The molecule has 1 aromatic carbocycles. The van der Waals surface area contributed by atoms with Crippen molar-refractivity contribution in [2.24, 2.45) is 0 Å². The van der Waals surface area contributed by atoms with E-state index in [0.29, 0.717) is 5.02 Å². The Morgan fingerprint density at radius 2 is 2.07 bits per heavy atom. The van der Waals surface area contributed by atoms with Gasteiger partial charge in [0.1, 0.15) is 12.9 Å². The molecule has 0 spiro atoms. The van der Waals surface area contributed by atoms with E-state index in [9.17, 15) is 0 Å². The monoisotopic (exact) mass is 211 g/mol. The highest BCUT2D eigenvalue weighted by molar-refractivity contribution is 6.36. The summed E-state index contributed by atoms with van der Waals surface area (Å²) in [5, 5.41) is 1.50. The Bertz CT molecular complexity index is 464. The number of fused-ring (bicyclic) bond motifs is 1. The van der Waals surface area contributed by atoms with Crippen LogP contribution in [-0.4, -0.2) is 19.0 Å². The van der Waals surface area contributed by atoms with Gasteiger partial charge in [-0.15, -0.1) is 0 Å². The van der Waals surface area contributed by atoms with Gasteiger partial charge in [-0.25, -0.2) is 0 Å². The van der Waals surface area contributed by atoms with Gasteiger partial charge in [0.15, 0.2) is 0 Å². The van der Waals surface area contributed by atoms with Crippen LogP contribution < -0.4 is 9.57 Å². The van der Waals surface area contributed by atoms with Crippen molar-refractivity contribution >= 4 is 22.5 Å². The maximum atomic E-state index is 6.06. The first-order chi connectivity index (χ1) is 6.77. The molecule has 74 valence electrons. The van der Waals surface area contributed by atoms with Crippen molar-refractivity contribution in [3.05, 3.63) is 29.4 Å². The van der Waals surface area contributed by atoms with Gasteiger partial charge < -0.3 is 9.57 Å². The number of methoxy groups -OCH3 is 1. The maximum absolute atomic E-state index is 6.06. The summed E-state index contributed by atoms with van der Waals surface area (Å²) >= 11 is 6.06. The number of hydrogen-bond acceptors (Lipinski definition) is 2. The Kier molecular flexibility index (Phi) is 2.25. The molecule has 2 aromatic rings. The molecule has 0 unspecified atom stereocenters. The topological polar surface area (TPSA) is 23.4 Å². The second kappa shape index (κ2) is 3.42. The molecule has 2 rings (SSSR count). The van der Waals surface area contributed by atoms with Gasteiger partial charge in [-0.05, 0) is 12.1 Å². The molecule has 0 aliphatic carbocycles. The Balaban J connectivity index is 2.81. The third-order valence-corrected chi connectivity index (χ3v) is 2.41. The molecule has 0 saturated carbocycles. The third-order valence-electron chi connectivity index (χ3n) is 2.13. The number of halogens is 1. The standard InChI is InChI=1S/C10H10ClNO2/c1-13-9-5-3-4-8-10(9)7(11)6-12(8)14-2/h3-6H,1-2H3. The van der Waals surface area contributed by atoms with E-state index in [-0.39, 0.29) is 0 Å². The quantitative estimate of drug-likeness (QED) is 0.762. The van der Waals surface area contributed by atoms with E-state index < -0.39 is 0 Å². The highest BCUT2D eigenvalue weighted by Gasteiger charge is 2.11. The van der Waals surface area contributed by atoms with Crippen LogP contribution in [0.3, 0.4) is 0 Å². The maximum Gasteiger partial charge on any atom is 0.129 e. The predicted molar refractivity (Wildman–Crippen MR) is 56.0 cm³/mol. The fourth-order valence-corrected chi connectivity index (χ4v) is 1.78. The molecule has 0 atom stereocenters. The Labute approximate surface area is 86.7 Å². The molecule has 0 bridgehead atoms. The van der Waals surface area contributed by atoms with Gasteiger partial charge in [0.2, 0.25) is 0 Å². The minimum absolute atomic E-state index is 0.624. The number of ether oxygens (including phenoxy) is 1. The zero-order valence-electron chi connectivity index (χ0n) is 7.95. The second-order valence-corrected chi connectivity index (χ2v) is 3.25. The molecule has 0 saturated heterocycles. The van der Waals surface area contributed by atoms with Gasteiger partial charge in [0, 0.05) is 0 Å². The molecular formula is C10H10ClNO2. The van der Waals surface area contributed by atoms with E-state index in [1.54, 1.807) is 25.1 Å². The van der Waals surface area contributed by atoms with E-state index in [2.05, 4.69) is 0 Å². The van der Waals surface area contributed by atoms with Crippen molar-refractivity contribution in [2.75, 3.05) is 14.2 Å². The van der Waals surface area contributed by atoms with Crippen molar-refractivity contribution < 1.29 is 9.57 Å². The van der Waals surface area contributed by atoms with Gasteiger partial charge in [0.05, 0.1) is 29.2 Å². The summed E-state index contributed by atoms with van der Waals surface area (Å²) < 4.78 is 6.82. The summed E-state index contributed by atoms with van der Waals surface area (Å²) in [7, 11) is 3.21. The average molecular weight is 212 g/mol. The smallest absolute Gasteiger partial charge is 0.129 e. The van der Waals surface area contributed by atoms with Crippen LogP contribution in [0.1, 0.15) is 0 Å². The Morgan fingerprint density at radius 1 is 1.29 bits per heavy atom. The lowest BCUT2D eigenvalue weighted by Crippen LogP contribution is -2.02. The van der Waals surface area contributed by atoms with E-state index >= 15 is 0 Å². The fraction of sp³-hybridized carbons (Fsp3) is 0.200. The average Bonchev–Trinajstić information content (AvgIpc) is 2.55. The first kappa shape index (κ1) is 9.21. The molecule has 0 amide bonds. The highest BCUT2D eigenvalue weighted by atomic mass is 35.5. The summed E-state index contributed by atoms with van der Waals surface area (Å²) in [4.78, 5) is 5.12. The van der Waals surface area contributed by atoms with Crippen LogP contribution in [0.4, 0.5) is 0 Å². The lowest BCUT2D eigenvalue weighted by Gasteiger charge is -2.03. The molecule has 0 N–H and O–H groups in total. The molecule has 14 heavy (non-hydrogen) atoms. The summed E-state index contributed by atoms with van der Waals surface area (Å²) in [6.07, 6.45) is 1.72. The minimum Gasteiger partial charge on any atom is -0.496 e. The molecule has 1 aromatic heterocycles. The zero-order chi connectivity index (χ0) is 10.1. The first-order valence-electron chi connectivity index (χ1n) is 4.16. The number of nitrogens with zero attached hydrogens (tertiary/aromatic N) is 1. The molecule has 4 heteroatoms. The Morgan fingerprint density at radius 3 is 2.71 bits per heavy atom. The van der Waals surface area contributed by atoms with E-state index in [0.717, 1.165) is 16.7 Å². The number of hydrogen-bond donors (Lipinski definition) is 0. The van der Waals surface area contributed by atoms with Crippen molar-refractivity contribution in [3.63, 3.8) is 0 Å². The van der Waals surface area contributed by atoms with Gasteiger partial charge in [-0.1, -0.05) is 17.7 Å². The third kappa shape index (κ3) is 1.21. The van der Waals surface area contributed by atoms with Crippen LogP contribution in [-0.2, 0) is 0 Å². The molecule has 3 nitrogen and oxygen atoms in total. The predicted octanol–water partition coefficient (Wildman–Crippen LogP) is 2.36. The minimum atomic E-state index is 0.624. The van der Waals surface area contributed by atoms with Crippen LogP contribution in [0.5, 0.6) is 5.75 Å². The van der Waals surface area contributed by atoms with Crippen LogP contribution in [0.15, 0.2) is 24.4 Å². The van der Waals surface area contributed by atoms with Gasteiger partial charge in [0.25, 0.3) is 0 Å². The SMILES string of the molecule is COc1cccc2c1c(Cl)cn2OC. The molecule has 0 radical (unpaired) electrons. The molecule has 0 aliphatic heterocycles. The largest absolute Gasteiger partial charge is 0.496 e. The summed E-state index contributed by atoms with van der Waals surface area (Å²) in [6.45, 7) is 0. The summed E-state index contributed by atoms with van der Waals surface area (Å²) in [5.41, 5.74) is 0.900. The van der Waals surface area contributed by atoms with Crippen molar-refractivity contribution in [3.8, 4) is 5.75 Å². The van der Waals surface area contributed by atoms with Crippen molar-refractivity contribution in [2.45, 2.75) is 0 Å². The molecular weight excluding hydrogens is 202 g/mol. The first-order valence-corrected chi connectivity index (χ1v) is 4.53. The molecule has 1 heterocycles. The fourth-order valence-electron chi connectivity index (χ4n) is 1.50. The lowest BCUT2D eigenvalue weighted by atomic mass is 10.2. The summed E-state index contributed by atoms with van der Waals surface area (Å²) in [6, 6.07) is 5.69. The van der Waals surface area contributed by atoms with Crippen LogP contribution in [0, 0.1) is 0 Å². The van der Waals surface area contributed by atoms with Crippen molar-refractivity contribution in [1.29, 1.82) is 0 Å². The van der Waals surface area contributed by atoms with Gasteiger partial charge in [-0.2, -0.15) is 4.73 Å². The van der Waals surface area contributed by atoms with Gasteiger partial charge >= 0.3 is 0 Å². The molecule has 0 fully saturated rings. The normalized spacial score (nSPS) is 10.5. The van der Waals surface area contributed by atoms with Crippen LogP contribution in [0.25, 0.3) is 10.9 Å². The van der Waals surface area contributed by atoms with Crippen molar-refractivity contribution in [1.82, 2.24) is 4.73 Å². The van der Waals surface area contributed by atoms with Gasteiger partial charge in [-0.3, -0.25) is 0 Å². The number of benzene rings is 1. The Hall–Kier alpha value is -1.35. The lowest BCUT2D eigenvalue weighted by molar-refractivity contribution is 0.179. The van der Waals surface area contributed by atoms with Crippen LogP contribution >= 0.6 is 11.6 Å². The van der Waals surface area contributed by atoms with E-state index in [4.69, 9.17) is 21.2 Å². The van der Waals surface area contributed by atoms with E-state index in [1.165, 1.54) is 0 Å². The highest BCUT2D eigenvalue weighted by Crippen LogP contribution is 2.32. The van der Waals surface area contributed by atoms with Crippen LogP contribution in [0.2, 0.25) is 5.02 Å². The van der Waals surface area contributed by atoms with E-state index in [1.807, 2.05) is 18.2 Å². The zero-order valence-corrected chi connectivity index (χ0v) is 8.71. The second-order valence-electron chi connectivity index (χ2n) is 2.84.